The number of aromatic carboxylic acids is 1. The number of hydrogen-bond acceptors (Lipinski definition) is 6. The Kier molecular flexibility index (Phi) is 5.89. The average Bonchev–Trinajstić information content (AvgIpc) is 3.62. The van der Waals surface area contributed by atoms with Crippen LogP contribution in [0.1, 0.15) is 35.7 Å². The van der Waals surface area contributed by atoms with Crippen LogP contribution in [0.25, 0.3) is 10.9 Å². The number of nitrogens with two attached hydrogens (primary N) is 1. The van der Waals surface area contributed by atoms with E-state index in [4.69, 9.17) is 15.2 Å². The number of methoxy groups -OCH3 is 1. The standard InChI is InChI=1S/C23H24FN3O5/c1-31-22-19(26-10-5-11-32-14-6-3-2-4-7-14)17(24)18(25)16-20(22)27(13-8-9-13)12-15(21(16)28)23(29)30/h2-4,6-7,12-13,26H,5,8-11,25H2,1H3,(H,29,30). The molecule has 3 aromatic rings. The van der Waals surface area contributed by atoms with Gasteiger partial charge in [0.15, 0.2) is 11.6 Å². The van der Waals surface area contributed by atoms with Gasteiger partial charge in [-0.3, -0.25) is 4.79 Å². The molecule has 1 fully saturated rings. The highest BCUT2D eigenvalue weighted by Crippen LogP contribution is 2.44. The van der Waals surface area contributed by atoms with Crippen LogP contribution in [0.15, 0.2) is 41.3 Å². The van der Waals surface area contributed by atoms with Crippen molar-refractivity contribution < 1.29 is 23.8 Å². The first-order valence-electron chi connectivity index (χ1n) is 10.3. The summed E-state index contributed by atoms with van der Waals surface area (Å²) in [6, 6.07) is 9.35. The number of aromatic nitrogens is 1. The number of anilines is 2. The molecule has 0 spiro atoms. The smallest absolute Gasteiger partial charge is 0.341 e. The van der Waals surface area contributed by atoms with Gasteiger partial charge in [0.1, 0.15) is 17.0 Å². The molecule has 0 aliphatic heterocycles. The molecule has 8 nitrogen and oxygen atoms in total. The third-order valence-corrected chi connectivity index (χ3v) is 5.41. The van der Waals surface area contributed by atoms with E-state index in [0.29, 0.717) is 25.1 Å². The molecule has 0 amide bonds. The maximum Gasteiger partial charge on any atom is 0.341 e. The van der Waals surface area contributed by atoms with E-state index in [1.807, 2.05) is 30.3 Å². The number of carboxylic acid groups (broad SMARTS) is 1. The summed E-state index contributed by atoms with van der Waals surface area (Å²) in [5.41, 5.74) is 4.66. The van der Waals surface area contributed by atoms with Gasteiger partial charge in [-0.1, -0.05) is 18.2 Å². The van der Waals surface area contributed by atoms with Gasteiger partial charge in [-0.15, -0.1) is 0 Å². The third kappa shape index (κ3) is 3.93. The van der Waals surface area contributed by atoms with Gasteiger partial charge in [-0.2, -0.15) is 0 Å². The number of nitrogens with one attached hydrogen (secondary N) is 1. The second-order valence-electron chi connectivity index (χ2n) is 7.62. The number of carbonyl (C=O) groups is 1. The lowest BCUT2D eigenvalue weighted by Crippen LogP contribution is -2.21. The summed E-state index contributed by atoms with van der Waals surface area (Å²) < 4.78 is 28.0. The first kappa shape index (κ1) is 21.5. The Labute approximate surface area is 183 Å². The number of pyridine rings is 1. The van der Waals surface area contributed by atoms with Crippen molar-refractivity contribution in [2.45, 2.75) is 25.3 Å². The number of nitrogen functional groups attached to an aromatic ring is 1. The lowest BCUT2D eigenvalue weighted by molar-refractivity contribution is 0.0695. The predicted octanol–water partition coefficient (Wildman–Crippen LogP) is 3.65. The van der Waals surface area contributed by atoms with Crippen molar-refractivity contribution in [1.29, 1.82) is 0 Å². The van der Waals surface area contributed by atoms with Crippen LogP contribution in [0, 0.1) is 5.82 Å². The summed E-state index contributed by atoms with van der Waals surface area (Å²) in [7, 11) is 1.38. The van der Waals surface area contributed by atoms with Gasteiger partial charge in [0.05, 0.1) is 30.3 Å². The van der Waals surface area contributed by atoms with Gasteiger partial charge >= 0.3 is 5.97 Å². The molecular formula is C23H24FN3O5. The molecule has 4 N–H and O–H groups in total. The topological polar surface area (TPSA) is 116 Å². The van der Waals surface area contributed by atoms with Crippen molar-refractivity contribution in [3.05, 3.63) is 58.1 Å². The number of hydrogen-bond donors (Lipinski definition) is 3. The molecule has 1 heterocycles. The zero-order valence-electron chi connectivity index (χ0n) is 17.6. The van der Waals surface area contributed by atoms with Crippen LogP contribution in [0.4, 0.5) is 15.8 Å². The Balaban J connectivity index is 1.68. The van der Waals surface area contributed by atoms with E-state index in [2.05, 4.69) is 5.32 Å². The van der Waals surface area contributed by atoms with Crippen LogP contribution in [-0.4, -0.2) is 35.9 Å². The first-order chi connectivity index (χ1) is 15.4. The molecule has 0 radical (unpaired) electrons. The van der Waals surface area contributed by atoms with Crippen molar-refractivity contribution in [3.63, 3.8) is 0 Å². The van der Waals surface area contributed by atoms with Gasteiger partial charge in [0.25, 0.3) is 0 Å². The van der Waals surface area contributed by atoms with Crippen LogP contribution < -0.4 is 26.0 Å². The number of nitrogens with zero attached hydrogens (tertiary/aromatic N) is 1. The van der Waals surface area contributed by atoms with E-state index in [1.54, 1.807) is 4.57 Å². The molecule has 1 aliphatic rings. The maximum atomic E-state index is 15.2. The van der Waals surface area contributed by atoms with Crippen molar-refractivity contribution in [1.82, 2.24) is 4.57 Å². The first-order valence-corrected chi connectivity index (χ1v) is 10.3. The molecule has 9 heteroatoms. The fourth-order valence-electron chi connectivity index (χ4n) is 3.72. The van der Waals surface area contributed by atoms with Crippen molar-refractivity contribution in [2.24, 2.45) is 0 Å². The molecule has 0 unspecified atom stereocenters. The summed E-state index contributed by atoms with van der Waals surface area (Å²) in [5.74, 6) is -1.36. The van der Waals surface area contributed by atoms with Crippen LogP contribution >= 0.6 is 0 Å². The van der Waals surface area contributed by atoms with E-state index >= 15 is 4.39 Å². The average molecular weight is 441 g/mol. The molecule has 4 rings (SSSR count). The van der Waals surface area contributed by atoms with Crippen LogP contribution in [0.5, 0.6) is 11.5 Å². The Morgan fingerprint density at radius 3 is 2.66 bits per heavy atom. The van der Waals surface area contributed by atoms with Crippen molar-refractivity contribution in [3.8, 4) is 11.5 Å². The lowest BCUT2D eigenvalue weighted by atomic mass is 10.1. The van der Waals surface area contributed by atoms with Gasteiger partial charge in [0.2, 0.25) is 5.43 Å². The highest BCUT2D eigenvalue weighted by molar-refractivity contribution is 6.03. The zero-order chi connectivity index (χ0) is 22.8. The van der Waals surface area contributed by atoms with E-state index in [-0.39, 0.29) is 22.9 Å². The van der Waals surface area contributed by atoms with Gasteiger partial charge in [-0.05, 0) is 31.4 Å². The molecule has 2 aromatic carbocycles. The molecular weight excluding hydrogens is 417 g/mol. The second kappa shape index (κ2) is 8.78. The van der Waals surface area contributed by atoms with E-state index in [0.717, 1.165) is 18.6 Å². The molecule has 32 heavy (non-hydrogen) atoms. The van der Waals surface area contributed by atoms with E-state index in [9.17, 15) is 14.7 Å². The predicted molar refractivity (Wildman–Crippen MR) is 119 cm³/mol. The minimum Gasteiger partial charge on any atom is -0.494 e. The molecule has 0 bridgehead atoms. The molecule has 1 aliphatic carbocycles. The molecule has 1 saturated carbocycles. The number of para-hydroxylation sites is 1. The van der Waals surface area contributed by atoms with Gasteiger partial charge in [0, 0.05) is 18.8 Å². The number of ether oxygens (including phenoxy) is 2. The summed E-state index contributed by atoms with van der Waals surface area (Å²) >= 11 is 0. The van der Waals surface area contributed by atoms with E-state index in [1.165, 1.54) is 13.3 Å². The minimum absolute atomic E-state index is 0.00193. The SMILES string of the molecule is COc1c(NCCCOc2ccccc2)c(F)c(N)c2c(=O)c(C(=O)O)cn(C3CC3)c12. The Morgan fingerprint density at radius 1 is 1.31 bits per heavy atom. The lowest BCUT2D eigenvalue weighted by Gasteiger charge is -2.20. The monoisotopic (exact) mass is 441 g/mol. The molecule has 1 aromatic heterocycles. The van der Waals surface area contributed by atoms with E-state index < -0.39 is 28.5 Å². The molecule has 0 saturated heterocycles. The maximum absolute atomic E-state index is 15.2. The fourth-order valence-corrected chi connectivity index (χ4v) is 3.72. The van der Waals surface area contributed by atoms with Crippen LogP contribution in [-0.2, 0) is 0 Å². The summed E-state index contributed by atoms with van der Waals surface area (Å²) in [4.78, 5) is 24.4. The third-order valence-electron chi connectivity index (χ3n) is 5.41. The molecule has 168 valence electrons. The highest BCUT2D eigenvalue weighted by atomic mass is 19.1. The zero-order valence-corrected chi connectivity index (χ0v) is 17.6. The van der Waals surface area contributed by atoms with Gasteiger partial charge in [-0.25, -0.2) is 9.18 Å². The van der Waals surface area contributed by atoms with Crippen LogP contribution in [0.2, 0.25) is 0 Å². The Morgan fingerprint density at radius 2 is 2.03 bits per heavy atom. The van der Waals surface area contributed by atoms with Gasteiger partial charge < -0.3 is 30.2 Å². The second-order valence-corrected chi connectivity index (χ2v) is 7.62. The number of carboxylic acids is 1. The quantitative estimate of drug-likeness (QED) is 0.343. The Bertz CT molecular complexity index is 1220. The largest absolute Gasteiger partial charge is 0.494 e. The number of rotatable bonds is 9. The fraction of sp³-hybridized carbons (Fsp3) is 0.304. The number of halogens is 1. The number of benzene rings is 2. The van der Waals surface area contributed by atoms with Crippen molar-refractivity contribution in [2.75, 3.05) is 31.3 Å². The number of fused-ring (bicyclic) bond motifs is 1. The highest BCUT2D eigenvalue weighted by Gasteiger charge is 2.31. The summed E-state index contributed by atoms with van der Waals surface area (Å²) in [6.07, 6.45) is 3.50. The normalized spacial score (nSPS) is 13.2. The Hall–Kier alpha value is -3.75. The summed E-state index contributed by atoms with van der Waals surface area (Å²) in [5, 5.41) is 12.3. The molecule has 0 atom stereocenters. The van der Waals surface area contributed by atoms with Crippen LogP contribution in [0.3, 0.4) is 0 Å². The minimum atomic E-state index is -1.38. The summed E-state index contributed by atoms with van der Waals surface area (Å²) in [6.45, 7) is 0.782. The van der Waals surface area contributed by atoms with Crippen molar-refractivity contribution >= 4 is 28.2 Å².